The van der Waals surface area contributed by atoms with Gasteiger partial charge in [0.15, 0.2) is 0 Å². The van der Waals surface area contributed by atoms with Gasteiger partial charge >= 0.3 is 6.61 Å². The van der Waals surface area contributed by atoms with E-state index in [9.17, 15) is 13.6 Å². The fourth-order valence-corrected chi connectivity index (χ4v) is 2.62. The van der Waals surface area contributed by atoms with Crippen LogP contribution in [-0.4, -0.2) is 42.0 Å². The average Bonchev–Trinajstić information content (AvgIpc) is 3.05. The zero-order chi connectivity index (χ0) is 16.9. The van der Waals surface area contributed by atoms with Crippen molar-refractivity contribution in [1.29, 1.82) is 0 Å². The zero-order valence-corrected chi connectivity index (χ0v) is 12.8. The SMILES string of the molecule is O=C(N[C@@H]1CCCOC1)c1cn[nH]c1-c1cccc(OC(F)F)c1. The zero-order valence-electron chi connectivity index (χ0n) is 12.8. The van der Waals surface area contributed by atoms with Crippen molar-refractivity contribution in [3.05, 3.63) is 36.0 Å². The number of nitrogens with zero attached hydrogens (tertiary/aromatic N) is 1. The Morgan fingerprint density at radius 3 is 3.08 bits per heavy atom. The molecule has 0 aliphatic carbocycles. The molecular weight excluding hydrogens is 320 g/mol. The van der Waals surface area contributed by atoms with Gasteiger partial charge in [-0.05, 0) is 25.0 Å². The highest BCUT2D eigenvalue weighted by molar-refractivity contribution is 6.00. The molecule has 1 atom stereocenters. The summed E-state index contributed by atoms with van der Waals surface area (Å²) in [6.07, 6.45) is 3.17. The van der Waals surface area contributed by atoms with Crippen LogP contribution in [0.2, 0.25) is 0 Å². The van der Waals surface area contributed by atoms with E-state index in [1.807, 2.05) is 0 Å². The predicted molar refractivity (Wildman–Crippen MR) is 82.0 cm³/mol. The van der Waals surface area contributed by atoms with Gasteiger partial charge in [0.25, 0.3) is 5.91 Å². The maximum absolute atomic E-state index is 12.5. The number of nitrogens with one attached hydrogen (secondary N) is 2. The van der Waals surface area contributed by atoms with Crippen molar-refractivity contribution in [1.82, 2.24) is 15.5 Å². The second-order valence-corrected chi connectivity index (χ2v) is 5.45. The van der Waals surface area contributed by atoms with Crippen molar-refractivity contribution < 1.29 is 23.0 Å². The monoisotopic (exact) mass is 337 g/mol. The molecule has 128 valence electrons. The number of carbonyl (C=O) groups is 1. The lowest BCUT2D eigenvalue weighted by Crippen LogP contribution is -2.40. The molecule has 3 rings (SSSR count). The minimum absolute atomic E-state index is 0.0177. The van der Waals surface area contributed by atoms with Crippen LogP contribution < -0.4 is 10.1 Å². The molecule has 8 heteroatoms. The number of hydrogen-bond acceptors (Lipinski definition) is 4. The minimum Gasteiger partial charge on any atom is -0.435 e. The van der Waals surface area contributed by atoms with Crippen LogP contribution in [0.1, 0.15) is 23.2 Å². The van der Waals surface area contributed by atoms with Crippen molar-refractivity contribution in [2.45, 2.75) is 25.5 Å². The van der Waals surface area contributed by atoms with Gasteiger partial charge in [-0.3, -0.25) is 9.89 Å². The third-order valence-electron chi connectivity index (χ3n) is 3.73. The molecule has 1 aliphatic heterocycles. The Balaban J connectivity index is 1.78. The number of amides is 1. The van der Waals surface area contributed by atoms with Gasteiger partial charge < -0.3 is 14.8 Å². The molecule has 0 saturated carbocycles. The van der Waals surface area contributed by atoms with E-state index in [4.69, 9.17) is 4.74 Å². The molecule has 1 amide bonds. The van der Waals surface area contributed by atoms with Crippen LogP contribution in [0.4, 0.5) is 8.78 Å². The lowest BCUT2D eigenvalue weighted by Gasteiger charge is -2.23. The standard InChI is InChI=1S/C16H17F2N3O3/c17-16(18)24-12-5-1-3-10(7-12)14-13(8-19-21-14)15(22)20-11-4-2-6-23-9-11/h1,3,5,7-8,11,16H,2,4,6,9H2,(H,19,21)(H,20,22)/t11-/m1/s1. The third-order valence-corrected chi connectivity index (χ3v) is 3.73. The number of alkyl halides is 2. The largest absolute Gasteiger partial charge is 0.435 e. The Labute approximate surface area is 137 Å². The molecule has 6 nitrogen and oxygen atoms in total. The summed E-state index contributed by atoms with van der Waals surface area (Å²) in [6, 6.07) is 6.07. The first kappa shape index (κ1) is 16.4. The highest BCUT2D eigenvalue weighted by Crippen LogP contribution is 2.26. The maximum atomic E-state index is 12.5. The van der Waals surface area contributed by atoms with Crippen molar-refractivity contribution in [3.8, 4) is 17.0 Å². The fourth-order valence-electron chi connectivity index (χ4n) is 2.62. The van der Waals surface area contributed by atoms with Gasteiger partial charge in [-0.25, -0.2) is 0 Å². The highest BCUT2D eigenvalue weighted by Gasteiger charge is 2.21. The lowest BCUT2D eigenvalue weighted by molar-refractivity contribution is -0.0498. The molecule has 2 heterocycles. The number of aromatic amines is 1. The van der Waals surface area contributed by atoms with E-state index in [1.165, 1.54) is 18.3 Å². The first-order valence-electron chi connectivity index (χ1n) is 7.60. The molecule has 1 aromatic carbocycles. The molecule has 0 radical (unpaired) electrons. The van der Waals surface area contributed by atoms with Crippen LogP contribution >= 0.6 is 0 Å². The molecule has 0 bridgehead atoms. The molecule has 1 saturated heterocycles. The summed E-state index contributed by atoms with van der Waals surface area (Å²) in [6.45, 7) is -1.72. The number of aromatic nitrogens is 2. The fraction of sp³-hybridized carbons (Fsp3) is 0.375. The van der Waals surface area contributed by atoms with Crippen LogP contribution in [0, 0.1) is 0 Å². The normalized spacial score (nSPS) is 17.7. The highest BCUT2D eigenvalue weighted by atomic mass is 19.3. The molecule has 2 aromatic rings. The number of ether oxygens (including phenoxy) is 2. The Hall–Kier alpha value is -2.48. The Kier molecular flexibility index (Phi) is 5.05. The van der Waals surface area contributed by atoms with Crippen LogP contribution in [0.15, 0.2) is 30.5 Å². The smallest absolute Gasteiger partial charge is 0.387 e. The van der Waals surface area contributed by atoms with Crippen molar-refractivity contribution in [3.63, 3.8) is 0 Å². The number of benzene rings is 1. The quantitative estimate of drug-likeness (QED) is 0.879. The van der Waals surface area contributed by atoms with Gasteiger partial charge in [0.1, 0.15) is 5.75 Å². The Bertz CT molecular complexity index is 699. The lowest BCUT2D eigenvalue weighted by atomic mass is 10.1. The Morgan fingerprint density at radius 2 is 2.33 bits per heavy atom. The molecule has 0 unspecified atom stereocenters. The minimum atomic E-state index is -2.91. The number of H-pyrrole nitrogens is 1. The summed E-state index contributed by atoms with van der Waals surface area (Å²) in [5.74, 6) is -0.265. The van der Waals surface area contributed by atoms with Crippen LogP contribution in [0.5, 0.6) is 5.75 Å². The van der Waals surface area contributed by atoms with Crippen molar-refractivity contribution >= 4 is 5.91 Å². The molecule has 2 N–H and O–H groups in total. The van der Waals surface area contributed by atoms with Gasteiger partial charge in [-0.2, -0.15) is 13.9 Å². The second-order valence-electron chi connectivity index (χ2n) is 5.45. The average molecular weight is 337 g/mol. The maximum Gasteiger partial charge on any atom is 0.387 e. The van der Waals surface area contributed by atoms with Crippen LogP contribution in [0.25, 0.3) is 11.3 Å². The van der Waals surface area contributed by atoms with E-state index in [2.05, 4.69) is 20.3 Å². The van der Waals surface area contributed by atoms with Crippen LogP contribution in [-0.2, 0) is 4.74 Å². The summed E-state index contributed by atoms with van der Waals surface area (Å²) < 4.78 is 34.4. The molecular formula is C16H17F2N3O3. The third kappa shape index (κ3) is 3.88. The summed E-state index contributed by atoms with van der Waals surface area (Å²) in [4.78, 5) is 12.5. The Morgan fingerprint density at radius 1 is 1.46 bits per heavy atom. The number of halogens is 2. The molecule has 24 heavy (non-hydrogen) atoms. The second kappa shape index (κ2) is 7.39. The van der Waals surface area contributed by atoms with Gasteiger partial charge in [-0.1, -0.05) is 12.1 Å². The van der Waals surface area contributed by atoms with Gasteiger partial charge in [0, 0.05) is 12.2 Å². The van der Waals surface area contributed by atoms with Gasteiger partial charge in [0.2, 0.25) is 0 Å². The topological polar surface area (TPSA) is 76.2 Å². The summed E-state index contributed by atoms with van der Waals surface area (Å²) in [7, 11) is 0. The van der Waals surface area contributed by atoms with E-state index in [0.29, 0.717) is 30.0 Å². The van der Waals surface area contributed by atoms with E-state index >= 15 is 0 Å². The molecule has 1 aromatic heterocycles. The van der Waals surface area contributed by atoms with E-state index in [0.717, 1.165) is 12.8 Å². The van der Waals surface area contributed by atoms with Gasteiger partial charge in [-0.15, -0.1) is 0 Å². The van der Waals surface area contributed by atoms with Crippen molar-refractivity contribution in [2.75, 3.05) is 13.2 Å². The van der Waals surface area contributed by atoms with E-state index in [1.54, 1.807) is 12.1 Å². The molecule has 1 fully saturated rings. The number of rotatable bonds is 5. The molecule has 1 aliphatic rings. The van der Waals surface area contributed by atoms with Crippen molar-refractivity contribution in [2.24, 2.45) is 0 Å². The van der Waals surface area contributed by atoms with E-state index < -0.39 is 6.61 Å². The number of carbonyl (C=O) groups excluding carboxylic acids is 1. The molecule has 0 spiro atoms. The van der Waals surface area contributed by atoms with Crippen LogP contribution in [0.3, 0.4) is 0 Å². The number of hydrogen-bond donors (Lipinski definition) is 2. The van der Waals surface area contributed by atoms with Gasteiger partial charge in [0.05, 0.1) is 30.1 Å². The summed E-state index contributed by atoms with van der Waals surface area (Å²) >= 11 is 0. The summed E-state index contributed by atoms with van der Waals surface area (Å²) in [5, 5.41) is 9.54. The summed E-state index contributed by atoms with van der Waals surface area (Å²) in [5.41, 5.74) is 1.33. The first-order chi connectivity index (χ1) is 11.6. The predicted octanol–water partition coefficient (Wildman–Crippen LogP) is 2.59. The first-order valence-corrected chi connectivity index (χ1v) is 7.60. The van der Waals surface area contributed by atoms with E-state index in [-0.39, 0.29) is 17.7 Å².